The molecule has 0 nitrogen and oxygen atoms in total. The maximum Gasteiger partial charge on any atom is 0.0171 e. The first-order chi connectivity index (χ1) is 17.4. The Labute approximate surface area is 225 Å². The predicted molar refractivity (Wildman–Crippen MR) is 164 cm³/mol. The van der Waals surface area contributed by atoms with Gasteiger partial charge in [-0.1, -0.05) is 145 Å². The average Bonchev–Trinajstić information content (AvgIpc) is 3.09. The molecule has 0 heterocycles. The first kappa shape index (κ1) is 30.7. The van der Waals surface area contributed by atoms with Gasteiger partial charge in [-0.2, -0.15) is 0 Å². The van der Waals surface area contributed by atoms with Crippen LogP contribution in [0.15, 0.2) is 47.1 Å². The van der Waals surface area contributed by atoms with Gasteiger partial charge in [-0.15, -0.1) is 0 Å². The molecule has 0 bridgehead atoms. The van der Waals surface area contributed by atoms with Crippen molar-refractivity contribution in [2.24, 2.45) is 0 Å². The summed E-state index contributed by atoms with van der Waals surface area (Å²) in [4.78, 5) is 0. The van der Waals surface area contributed by atoms with Crippen LogP contribution < -0.4 is 0 Å². The van der Waals surface area contributed by atoms with Gasteiger partial charge in [0.05, 0.1) is 0 Å². The molecule has 1 aromatic rings. The molecule has 0 amide bonds. The molecule has 1 aliphatic carbocycles. The standard InChI is InChI=1S/C36H58/c1-8-12-14-16-18-20-25-36(26-21-19-17-15-13-9-2)31(7)34(28-30(6)32(11-4)22-10-3)33-24-23-29(5)27-35(33)36/h10,22-24,27H,8-9,11-21,25-26,28H2,1-7H3/b22-10-,32-30+. The summed E-state index contributed by atoms with van der Waals surface area (Å²) >= 11 is 0. The minimum atomic E-state index is 0.249. The zero-order chi connectivity index (χ0) is 26.4. The quantitative estimate of drug-likeness (QED) is 0.142. The number of rotatable bonds is 18. The normalized spacial score (nSPS) is 15.6. The second-order valence-corrected chi connectivity index (χ2v) is 11.6. The van der Waals surface area contributed by atoms with Crippen LogP contribution in [0.4, 0.5) is 0 Å². The molecule has 0 unspecified atom stereocenters. The summed E-state index contributed by atoms with van der Waals surface area (Å²) in [5.41, 5.74) is 11.3. The molecular formula is C36H58. The van der Waals surface area contributed by atoms with Crippen molar-refractivity contribution in [3.63, 3.8) is 0 Å². The van der Waals surface area contributed by atoms with E-state index in [2.05, 4.69) is 78.8 Å². The average molecular weight is 491 g/mol. The first-order valence-corrected chi connectivity index (χ1v) is 15.6. The molecule has 0 radical (unpaired) electrons. The molecule has 0 N–H and O–H groups in total. The van der Waals surface area contributed by atoms with E-state index < -0.39 is 0 Å². The highest BCUT2D eigenvalue weighted by Gasteiger charge is 2.41. The Balaban J connectivity index is 2.39. The molecule has 2 rings (SSSR count). The van der Waals surface area contributed by atoms with E-state index >= 15 is 0 Å². The van der Waals surface area contributed by atoms with E-state index in [1.165, 1.54) is 101 Å². The van der Waals surface area contributed by atoms with Crippen molar-refractivity contribution in [1.29, 1.82) is 0 Å². The summed E-state index contributed by atoms with van der Waals surface area (Å²) in [6, 6.07) is 7.37. The molecule has 0 saturated heterocycles. The van der Waals surface area contributed by atoms with E-state index in [-0.39, 0.29) is 5.41 Å². The Bertz CT molecular complexity index is 859. The third-order valence-electron chi connectivity index (χ3n) is 8.84. The van der Waals surface area contributed by atoms with Crippen molar-refractivity contribution in [2.45, 2.75) is 157 Å². The summed E-state index contributed by atoms with van der Waals surface area (Å²) in [6.45, 7) is 16.3. The van der Waals surface area contributed by atoms with Crippen LogP contribution in [0.2, 0.25) is 0 Å². The van der Waals surface area contributed by atoms with Gasteiger partial charge in [0, 0.05) is 5.41 Å². The largest absolute Gasteiger partial charge is 0.0874 e. The number of hydrogen-bond donors (Lipinski definition) is 0. The molecule has 0 aliphatic heterocycles. The van der Waals surface area contributed by atoms with Gasteiger partial charge in [0.1, 0.15) is 0 Å². The van der Waals surface area contributed by atoms with Crippen LogP contribution in [0.25, 0.3) is 5.57 Å². The lowest BCUT2D eigenvalue weighted by Gasteiger charge is -2.34. The van der Waals surface area contributed by atoms with Crippen LogP contribution in [-0.2, 0) is 5.41 Å². The topological polar surface area (TPSA) is 0 Å². The van der Waals surface area contributed by atoms with E-state index in [1.807, 2.05) is 0 Å². The summed E-state index contributed by atoms with van der Waals surface area (Å²) in [7, 11) is 0. The number of unbranched alkanes of at least 4 members (excludes halogenated alkanes) is 10. The molecule has 0 saturated carbocycles. The number of aryl methyl sites for hydroxylation is 1. The number of fused-ring (bicyclic) bond motifs is 1. The Kier molecular flexibility index (Phi) is 13.9. The fourth-order valence-electron chi connectivity index (χ4n) is 6.56. The summed E-state index contributed by atoms with van der Waals surface area (Å²) in [5, 5.41) is 0. The van der Waals surface area contributed by atoms with Crippen LogP contribution in [0.5, 0.6) is 0 Å². The van der Waals surface area contributed by atoms with Crippen molar-refractivity contribution < 1.29 is 0 Å². The highest BCUT2D eigenvalue weighted by Crippen LogP contribution is 2.54. The van der Waals surface area contributed by atoms with Gasteiger partial charge in [0.25, 0.3) is 0 Å². The SMILES string of the molecule is C/C=C\C(CC)=C(/C)CC1=C(C)C(CCCCCCCC)(CCCCCCCC)c2cc(C)ccc21. The maximum atomic E-state index is 2.56. The summed E-state index contributed by atoms with van der Waals surface area (Å²) < 4.78 is 0. The third-order valence-corrected chi connectivity index (χ3v) is 8.84. The van der Waals surface area contributed by atoms with Crippen molar-refractivity contribution in [3.05, 3.63) is 63.8 Å². The van der Waals surface area contributed by atoms with Crippen molar-refractivity contribution >= 4 is 5.57 Å². The van der Waals surface area contributed by atoms with E-state index in [0.29, 0.717) is 0 Å². The highest BCUT2D eigenvalue weighted by atomic mass is 14.4. The van der Waals surface area contributed by atoms with Gasteiger partial charge in [-0.3, -0.25) is 0 Å². The van der Waals surface area contributed by atoms with E-state index in [4.69, 9.17) is 0 Å². The summed E-state index contributed by atoms with van der Waals surface area (Å²) in [6.07, 6.45) is 26.0. The highest BCUT2D eigenvalue weighted by molar-refractivity contribution is 5.81. The van der Waals surface area contributed by atoms with Crippen LogP contribution in [0.1, 0.15) is 161 Å². The minimum Gasteiger partial charge on any atom is -0.0874 e. The van der Waals surface area contributed by atoms with Gasteiger partial charge in [-0.25, -0.2) is 0 Å². The van der Waals surface area contributed by atoms with Gasteiger partial charge in [0.15, 0.2) is 0 Å². The lowest BCUT2D eigenvalue weighted by Crippen LogP contribution is -2.26. The summed E-state index contributed by atoms with van der Waals surface area (Å²) in [5.74, 6) is 0. The molecular weight excluding hydrogens is 432 g/mol. The molecule has 36 heavy (non-hydrogen) atoms. The monoisotopic (exact) mass is 490 g/mol. The Morgan fingerprint density at radius 2 is 1.33 bits per heavy atom. The van der Waals surface area contributed by atoms with Crippen LogP contribution >= 0.6 is 0 Å². The van der Waals surface area contributed by atoms with E-state index in [1.54, 1.807) is 27.8 Å². The van der Waals surface area contributed by atoms with E-state index in [0.717, 1.165) is 12.8 Å². The van der Waals surface area contributed by atoms with Crippen molar-refractivity contribution in [3.8, 4) is 0 Å². The number of benzene rings is 1. The molecule has 0 spiro atoms. The van der Waals surface area contributed by atoms with Gasteiger partial charge < -0.3 is 0 Å². The minimum absolute atomic E-state index is 0.249. The molecule has 0 heteroatoms. The molecule has 1 aromatic carbocycles. The number of hydrogen-bond acceptors (Lipinski definition) is 0. The van der Waals surface area contributed by atoms with Crippen LogP contribution in [-0.4, -0.2) is 0 Å². The van der Waals surface area contributed by atoms with Crippen molar-refractivity contribution in [2.75, 3.05) is 0 Å². The second-order valence-electron chi connectivity index (χ2n) is 11.6. The van der Waals surface area contributed by atoms with Gasteiger partial charge in [-0.05, 0) is 75.7 Å². The van der Waals surface area contributed by atoms with Crippen LogP contribution in [0.3, 0.4) is 0 Å². The van der Waals surface area contributed by atoms with Crippen LogP contribution in [0, 0.1) is 6.92 Å². The lowest BCUT2D eigenvalue weighted by molar-refractivity contribution is 0.389. The maximum absolute atomic E-state index is 2.56. The molecule has 0 fully saturated rings. The Morgan fingerprint density at radius 1 is 0.778 bits per heavy atom. The Hall–Kier alpha value is -1.56. The zero-order valence-electron chi connectivity index (χ0n) is 25.2. The smallest absolute Gasteiger partial charge is 0.0171 e. The van der Waals surface area contributed by atoms with Crippen molar-refractivity contribution in [1.82, 2.24) is 0 Å². The number of allylic oxidation sites excluding steroid dienone is 6. The first-order valence-electron chi connectivity index (χ1n) is 15.6. The predicted octanol–water partition coefficient (Wildman–Crippen LogP) is 12.2. The molecule has 1 aliphatic rings. The van der Waals surface area contributed by atoms with Gasteiger partial charge in [0.2, 0.25) is 0 Å². The molecule has 0 aromatic heterocycles. The van der Waals surface area contributed by atoms with Gasteiger partial charge >= 0.3 is 0 Å². The Morgan fingerprint density at radius 3 is 1.86 bits per heavy atom. The lowest BCUT2D eigenvalue weighted by atomic mass is 9.70. The molecule has 0 atom stereocenters. The molecule has 202 valence electrons. The fraction of sp³-hybridized carbons (Fsp3) is 0.667. The van der Waals surface area contributed by atoms with E-state index in [9.17, 15) is 0 Å². The fourth-order valence-corrected chi connectivity index (χ4v) is 6.56. The zero-order valence-corrected chi connectivity index (χ0v) is 25.2. The third kappa shape index (κ3) is 8.22. The second kappa shape index (κ2) is 16.3.